The van der Waals surface area contributed by atoms with Gasteiger partial charge in [-0.25, -0.2) is 9.97 Å². The molecule has 2 heterocycles. The molecule has 0 bridgehead atoms. The van der Waals surface area contributed by atoms with Crippen molar-refractivity contribution in [3.8, 4) is 11.1 Å². The minimum absolute atomic E-state index is 0.00205. The topological polar surface area (TPSA) is 58.1 Å². The molecule has 1 fully saturated rings. The fraction of sp³-hybridized carbons (Fsp3) is 0.320. The molecule has 0 saturated carbocycles. The molecule has 3 aromatic rings. The van der Waals surface area contributed by atoms with Gasteiger partial charge >= 0.3 is 0 Å². The molecule has 1 amide bonds. The van der Waals surface area contributed by atoms with E-state index in [4.69, 9.17) is 0 Å². The predicted molar refractivity (Wildman–Crippen MR) is 126 cm³/mol. The summed E-state index contributed by atoms with van der Waals surface area (Å²) in [5.74, 6) is 0.463. The number of rotatable bonds is 7. The summed E-state index contributed by atoms with van der Waals surface area (Å²) in [6.45, 7) is 3.63. The molecule has 0 unspecified atom stereocenters. The molecular weight excluding hydrogens is 404 g/mol. The van der Waals surface area contributed by atoms with Crippen molar-refractivity contribution in [2.75, 3.05) is 25.9 Å². The minimum Gasteiger partial charge on any atom is -0.352 e. The van der Waals surface area contributed by atoms with Gasteiger partial charge in [-0.1, -0.05) is 54.2 Å². The number of carbonyl (C=O) groups excluding carboxylic acids is 1. The van der Waals surface area contributed by atoms with Gasteiger partial charge in [0.25, 0.3) is 5.91 Å². The number of aromatic nitrogens is 2. The highest BCUT2D eigenvalue weighted by Gasteiger charge is 2.21. The lowest BCUT2D eigenvalue weighted by Crippen LogP contribution is -2.40. The molecule has 2 aromatic carbocycles. The van der Waals surface area contributed by atoms with Crippen LogP contribution in [0, 0.1) is 5.92 Å². The second-order valence-electron chi connectivity index (χ2n) is 7.97. The lowest BCUT2D eigenvalue weighted by atomic mass is 9.97. The molecule has 1 aliphatic rings. The Balaban J connectivity index is 1.27. The number of thioether (sulfide) groups is 1. The Hall–Kier alpha value is -2.70. The van der Waals surface area contributed by atoms with Gasteiger partial charge in [-0.3, -0.25) is 9.69 Å². The van der Waals surface area contributed by atoms with Crippen molar-refractivity contribution in [1.82, 2.24) is 20.2 Å². The van der Waals surface area contributed by atoms with Crippen molar-refractivity contribution in [3.63, 3.8) is 0 Å². The van der Waals surface area contributed by atoms with Crippen LogP contribution >= 0.6 is 11.8 Å². The monoisotopic (exact) mass is 432 g/mol. The number of nitrogens with one attached hydrogen (secondary N) is 1. The van der Waals surface area contributed by atoms with Crippen molar-refractivity contribution < 1.29 is 4.79 Å². The largest absolute Gasteiger partial charge is 0.352 e. The highest BCUT2D eigenvalue weighted by atomic mass is 32.2. The van der Waals surface area contributed by atoms with Gasteiger partial charge < -0.3 is 5.32 Å². The Morgan fingerprint density at radius 3 is 2.48 bits per heavy atom. The number of carbonyl (C=O) groups is 1. The molecule has 1 N–H and O–H groups in total. The molecule has 6 heteroatoms. The van der Waals surface area contributed by atoms with E-state index in [1.165, 1.54) is 0 Å². The summed E-state index contributed by atoms with van der Waals surface area (Å²) in [7, 11) is 0. The predicted octanol–water partition coefficient (Wildman–Crippen LogP) is 4.51. The van der Waals surface area contributed by atoms with Crippen LogP contribution in [0.1, 0.15) is 28.8 Å². The van der Waals surface area contributed by atoms with Crippen molar-refractivity contribution in [2.24, 2.45) is 5.92 Å². The average molecular weight is 433 g/mol. The van der Waals surface area contributed by atoms with Gasteiger partial charge in [-0.2, -0.15) is 0 Å². The van der Waals surface area contributed by atoms with Crippen LogP contribution in [0.4, 0.5) is 0 Å². The molecule has 1 aliphatic heterocycles. The van der Waals surface area contributed by atoms with Crippen molar-refractivity contribution in [3.05, 3.63) is 78.1 Å². The van der Waals surface area contributed by atoms with Crippen LogP contribution in [0.5, 0.6) is 0 Å². The van der Waals surface area contributed by atoms with E-state index in [1.54, 1.807) is 11.8 Å². The zero-order valence-corrected chi connectivity index (χ0v) is 18.6. The Morgan fingerprint density at radius 2 is 1.77 bits per heavy atom. The Morgan fingerprint density at radius 1 is 1.06 bits per heavy atom. The number of nitrogens with zero attached hydrogens (tertiary/aromatic N) is 3. The van der Waals surface area contributed by atoms with Crippen LogP contribution in [0.2, 0.25) is 0 Å². The molecule has 0 spiro atoms. The summed E-state index contributed by atoms with van der Waals surface area (Å²) in [5, 5.41) is 3.94. The molecule has 0 radical (unpaired) electrons. The maximum absolute atomic E-state index is 12.6. The van der Waals surface area contributed by atoms with Crippen molar-refractivity contribution in [1.29, 1.82) is 0 Å². The van der Waals surface area contributed by atoms with Crippen LogP contribution in [-0.2, 0) is 6.54 Å². The van der Waals surface area contributed by atoms with Crippen molar-refractivity contribution >= 4 is 17.7 Å². The average Bonchev–Trinajstić information content (AvgIpc) is 2.84. The molecule has 0 aliphatic carbocycles. The normalized spacial score (nSPS) is 16.7. The smallest absolute Gasteiger partial charge is 0.251 e. The van der Waals surface area contributed by atoms with Gasteiger partial charge in [-0.05, 0) is 54.8 Å². The molecule has 31 heavy (non-hydrogen) atoms. The third-order valence-corrected chi connectivity index (χ3v) is 6.25. The summed E-state index contributed by atoms with van der Waals surface area (Å²) in [4.78, 5) is 23.8. The van der Waals surface area contributed by atoms with Gasteiger partial charge in [0, 0.05) is 43.2 Å². The Bertz CT molecular complexity index is 977. The summed E-state index contributed by atoms with van der Waals surface area (Å²) < 4.78 is 0. The molecule has 4 rings (SSSR count). The van der Waals surface area contributed by atoms with E-state index in [0.29, 0.717) is 18.0 Å². The zero-order valence-electron chi connectivity index (χ0n) is 17.8. The summed E-state index contributed by atoms with van der Waals surface area (Å²) in [6, 6.07) is 18.0. The lowest BCUT2D eigenvalue weighted by molar-refractivity contribution is 0.0930. The first-order valence-electron chi connectivity index (χ1n) is 10.7. The first-order chi connectivity index (χ1) is 15.2. The zero-order chi connectivity index (χ0) is 21.5. The standard InChI is InChI=1S/C25H28N4OS/c1-31-25-27-15-20(16-28-25)18-29-13-5-6-19(17-29)14-26-24(30)23-11-9-22(10-12-23)21-7-3-2-4-8-21/h2-4,7-12,15-16,19H,5-6,13-14,17-18H2,1H3,(H,26,30)/t19-/m0/s1. The molecule has 160 valence electrons. The first kappa shape index (κ1) is 21.5. The van der Waals surface area contributed by atoms with Crippen LogP contribution in [-0.4, -0.2) is 46.7 Å². The number of likely N-dealkylation sites (tertiary alicyclic amines) is 1. The van der Waals surface area contributed by atoms with E-state index < -0.39 is 0 Å². The van der Waals surface area contributed by atoms with E-state index in [0.717, 1.165) is 54.3 Å². The van der Waals surface area contributed by atoms with Crippen LogP contribution in [0.3, 0.4) is 0 Å². The fourth-order valence-corrected chi connectivity index (χ4v) is 4.35. The maximum Gasteiger partial charge on any atom is 0.251 e. The van der Waals surface area contributed by atoms with E-state index in [1.807, 2.05) is 61.1 Å². The molecule has 1 saturated heterocycles. The second-order valence-corrected chi connectivity index (χ2v) is 8.75. The van der Waals surface area contributed by atoms with Crippen LogP contribution < -0.4 is 5.32 Å². The lowest BCUT2D eigenvalue weighted by Gasteiger charge is -2.32. The highest BCUT2D eigenvalue weighted by molar-refractivity contribution is 7.98. The summed E-state index contributed by atoms with van der Waals surface area (Å²) in [6.07, 6.45) is 8.12. The molecule has 5 nitrogen and oxygen atoms in total. The highest BCUT2D eigenvalue weighted by Crippen LogP contribution is 2.20. The van der Waals surface area contributed by atoms with E-state index >= 15 is 0 Å². The van der Waals surface area contributed by atoms with Gasteiger partial charge in [0.1, 0.15) is 0 Å². The quantitative estimate of drug-likeness (QED) is 0.440. The second kappa shape index (κ2) is 10.6. The van der Waals surface area contributed by atoms with Crippen molar-refractivity contribution in [2.45, 2.75) is 24.5 Å². The number of hydrogen-bond acceptors (Lipinski definition) is 5. The van der Waals surface area contributed by atoms with E-state index in [-0.39, 0.29) is 5.91 Å². The third-order valence-electron chi connectivity index (χ3n) is 5.68. The summed E-state index contributed by atoms with van der Waals surface area (Å²) in [5.41, 5.74) is 4.12. The maximum atomic E-state index is 12.6. The number of piperidine rings is 1. The number of hydrogen-bond donors (Lipinski definition) is 1. The van der Waals surface area contributed by atoms with Gasteiger partial charge in [0.15, 0.2) is 5.16 Å². The number of amides is 1. The SMILES string of the molecule is CSc1ncc(CN2CCC[C@@H](CNC(=O)c3ccc(-c4ccccc4)cc3)C2)cn1. The Labute approximate surface area is 188 Å². The van der Waals surface area contributed by atoms with Gasteiger partial charge in [-0.15, -0.1) is 0 Å². The first-order valence-corrected chi connectivity index (χ1v) is 11.9. The van der Waals surface area contributed by atoms with E-state index in [9.17, 15) is 4.79 Å². The number of benzene rings is 2. The van der Waals surface area contributed by atoms with Gasteiger partial charge in [0.2, 0.25) is 0 Å². The summed E-state index contributed by atoms with van der Waals surface area (Å²) >= 11 is 1.55. The molecular formula is C25H28N4OS. The van der Waals surface area contributed by atoms with Crippen LogP contribution in [0.15, 0.2) is 72.1 Å². The molecule has 1 atom stereocenters. The Kier molecular flexibility index (Phi) is 7.33. The molecule has 1 aromatic heterocycles. The van der Waals surface area contributed by atoms with E-state index in [2.05, 4.69) is 32.3 Å². The van der Waals surface area contributed by atoms with Gasteiger partial charge in [0.05, 0.1) is 0 Å². The fourth-order valence-electron chi connectivity index (χ4n) is 4.03. The van der Waals surface area contributed by atoms with Crippen LogP contribution in [0.25, 0.3) is 11.1 Å². The third kappa shape index (κ3) is 5.93. The minimum atomic E-state index is -0.00205.